The topological polar surface area (TPSA) is 83.7 Å². The summed E-state index contributed by atoms with van der Waals surface area (Å²) in [7, 11) is 0. The number of benzene rings is 3. The summed E-state index contributed by atoms with van der Waals surface area (Å²) in [6, 6.07) is 20.8. The normalized spacial score (nSPS) is 17.7. The predicted octanol–water partition coefficient (Wildman–Crippen LogP) is 5.22. The minimum absolute atomic E-state index is 0.0609. The summed E-state index contributed by atoms with van der Waals surface area (Å²) in [4.78, 5) is 46.9. The molecule has 36 heavy (non-hydrogen) atoms. The average Bonchev–Trinajstić information content (AvgIpc) is 3.58. The van der Waals surface area contributed by atoms with Gasteiger partial charge in [0.2, 0.25) is 17.7 Å². The van der Waals surface area contributed by atoms with E-state index in [1.54, 1.807) is 30.3 Å². The molecule has 1 aliphatic heterocycles. The SMILES string of the molecule is O=C1CC(N(Cc2ccccc2Cl)C(=O)C2CC2)C(=O)N1c1ccc(-c2nc3ccccc3o2)cc1. The molecular formula is C28H22ClN3O4. The first-order valence-corrected chi connectivity index (χ1v) is 12.2. The Morgan fingerprint density at radius 2 is 1.72 bits per heavy atom. The Bertz CT molecular complexity index is 1460. The Balaban J connectivity index is 1.26. The zero-order chi connectivity index (χ0) is 24.8. The van der Waals surface area contributed by atoms with Gasteiger partial charge in [0.15, 0.2) is 5.58 Å². The molecule has 1 saturated heterocycles. The van der Waals surface area contributed by atoms with E-state index in [2.05, 4.69) is 4.98 Å². The van der Waals surface area contributed by atoms with Gasteiger partial charge in [-0.05, 0) is 60.9 Å². The molecule has 0 radical (unpaired) electrons. The van der Waals surface area contributed by atoms with Gasteiger partial charge >= 0.3 is 0 Å². The number of nitrogens with zero attached hydrogens (tertiary/aromatic N) is 3. The zero-order valence-corrected chi connectivity index (χ0v) is 20.0. The van der Waals surface area contributed by atoms with Gasteiger partial charge in [0.25, 0.3) is 5.91 Å². The number of halogens is 1. The minimum atomic E-state index is -0.862. The molecule has 1 aromatic heterocycles. The van der Waals surface area contributed by atoms with Crippen molar-refractivity contribution in [3.63, 3.8) is 0 Å². The van der Waals surface area contributed by atoms with E-state index in [0.29, 0.717) is 22.2 Å². The van der Waals surface area contributed by atoms with Gasteiger partial charge < -0.3 is 9.32 Å². The predicted molar refractivity (Wildman–Crippen MR) is 135 cm³/mol. The Kier molecular flexibility index (Phi) is 5.57. The summed E-state index contributed by atoms with van der Waals surface area (Å²) in [5, 5.41) is 0.523. The first-order valence-electron chi connectivity index (χ1n) is 11.9. The highest BCUT2D eigenvalue weighted by molar-refractivity contribution is 6.31. The maximum Gasteiger partial charge on any atom is 0.257 e. The van der Waals surface area contributed by atoms with Crippen molar-refractivity contribution in [1.82, 2.24) is 9.88 Å². The molecule has 180 valence electrons. The van der Waals surface area contributed by atoms with Gasteiger partial charge in [-0.25, -0.2) is 9.88 Å². The van der Waals surface area contributed by atoms with Crippen LogP contribution in [-0.2, 0) is 20.9 Å². The molecule has 0 bridgehead atoms. The van der Waals surface area contributed by atoms with Crippen LogP contribution in [0.1, 0.15) is 24.8 Å². The molecule has 2 aliphatic rings. The highest BCUT2D eigenvalue weighted by Gasteiger charge is 2.47. The van der Waals surface area contributed by atoms with Crippen molar-refractivity contribution >= 4 is 46.1 Å². The quantitative estimate of drug-likeness (QED) is 0.340. The van der Waals surface area contributed by atoms with E-state index in [0.717, 1.165) is 29.5 Å². The molecule has 3 aromatic carbocycles. The number of hydrogen-bond acceptors (Lipinski definition) is 5. The molecule has 0 N–H and O–H groups in total. The highest BCUT2D eigenvalue weighted by Crippen LogP contribution is 2.36. The van der Waals surface area contributed by atoms with E-state index in [9.17, 15) is 14.4 Å². The molecule has 8 heteroatoms. The van der Waals surface area contributed by atoms with Crippen LogP contribution in [-0.4, -0.2) is 33.6 Å². The number of carbonyl (C=O) groups excluding carboxylic acids is 3. The van der Waals surface area contributed by atoms with Gasteiger partial charge in [0, 0.05) is 23.0 Å². The van der Waals surface area contributed by atoms with Crippen LogP contribution in [0.5, 0.6) is 0 Å². The first kappa shape index (κ1) is 22.5. The molecular weight excluding hydrogens is 478 g/mol. The molecule has 3 amide bonds. The van der Waals surface area contributed by atoms with Gasteiger partial charge in [0.05, 0.1) is 12.1 Å². The molecule has 1 saturated carbocycles. The summed E-state index contributed by atoms with van der Waals surface area (Å²) in [6.07, 6.45) is 1.54. The van der Waals surface area contributed by atoms with Gasteiger partial charge in [-0.2, -0.15) is 0 Å². The zero-order valence-electron chi connectivity index (χ0n) is 19.3. The summed E-state index contributed by atoms with van der Waals surface area (Å²) in [5.74, 6) is -0.488. The van der Waals surface area contributed by atoms with E-state index in [1.165, 1.54) is 9.80 Å². The van der Waals surface area contributed by atoms with E-state index >= 15 is 0 Å². The number of imide groups is 1. The van der Waals surface area contributed by atoms with Crippen LogP contribution in [0.4, 0.5) is 5.69 Å². The molecule has 4 aromatic rings. The van der Waals surface area contributed by atoms with E-state index in [4.69, 9.17) is 16.0 Å². The lowest BCUT2D eigenvalue weighted by molar-refractivity contribution is -0.140. The van der Waals surface area contributed by atoms with Crippen LogP contribution in [0.2, 0.25) is 5.02 Å². The Morgan fingerprint density at radius 3 is 2.44 bits per heavy atom. The number of rotatable bonds is 6. The smallest absolute Gasteiger partial charge is 0.257 e. The third-order valence-electron chi connectivity index (χ3n) is 6.67. The third-order valence-corrected chi connectivity index (χ3v) is 7.04. The maximum absolute atomic E-state index is 13.5. The van der Waals surface area contributed by atoms with Crippen LogP contribution in [0.3, 0.4) is 0 Å². The number of anilines is 1. The van der Waals surface area contributed by atoms with Crippen LogP contribution in [0.15, 0.2) is 77.2 Å². The van der Waals surface area contributed by atoms with Gasteiger partial charge in [-0.3, -0.25) is 14.4 Å². The lowest BCUT2D eigenvalue weighted by Crippen LogP contribution is -2.45. The summed E-state index contributed by atoms with van der Waals surface area (Å²) in [6.45, 7) is 0.184. The van der Waals surface area contributed by atoms with Crippen molar-refractivity contribution in [3.8, 4) is 11.5 Å². The van der Waals surface area contributed by atoms with Crippen molar-refractivity contribution < 1.29 is 18.8 Å². The Hall–Kier alpha value is -3.97. The molecule has 6 rings (SSSR count). The second kappa shape index (κ2) is 8.91. The number of carbonyl (C=O) groups is 3. The molecule has 1 aliphatic carbocycles. The number of para-hydroxylation sites is 2. The van der Waals surface area contributed by atoms with Crippen molar-refractivity contribution in [3.05, 3.63) is 83.4 Å². The van der Waals surface area contributed by atoms with Crippen molar-refractivity contribution in [1.29, 1.82) is 0 Å². The monoisotopic (exact) mass is 499 g/mol. The van der Waals surface area contributed by atoms with Crippen LogP contribution in [0.25, 0.3) is 22.6 Å². The summed E-state index contributed by atoms with van der Waals surface area (Å²) in [5.41, 5.74) is 3.36. The first-order chi connectivity index (χ1) is 17.5. The number of aromatic nitrogens is 1. The molecule has 7 nitrogen and oxygen atoms in total. The minimum Gasteiger partial charge on any atom is -0.436 e. The van der Waals surface area contributed by atoms with Gasteiger partial charge in [-0.1, -0.05) is 41.9 Å². The second-order valence-electron chi connectivity index (χ2n) is 9.15. The lowest BCUT2D eigenvalue weighted by atomic mass is 10.1. The molecule has 2 heterocycles. The number of hydrogen-bond donors (Lipinski definition) is 0. The lowest BCUT2D eigenvalue weighted by Gasteiger charge is -2.28. The summed E-state index contributed by atoms with van der Waals surface area (Å²) >= 11 is 6.34. The van der Waals surface area contributed by atoms with Gasteiger partial charge in [0.1, 0.15) is 11.6 Å². The number of amides is 3. The number of fused-ring (bicyclic) bond motifs is 1. The number of oxazole rings is 1. The molecule has 0 spiro atoms. The van der Waals surface area contributed by atoms with E-state index in [-0.39, 0.29) is 30.7 Å². The molecule has 2 fully saturated rings. The van der Waals surface area contributed by atoms with E-state index in [1.807, 2.05) is 42.5 Å². The Labute approximate surface area is 212 Å². The third kappa shape index (κ3) is 4.05. The maximum atomic E-state index is 13.5. The van der Waals surface area contributed by atoms with Crippen molar-refractivity contribution in [2.45, 2.75) is 31.8 Å². The average molecular weight is 500 g/mol. The fourth-order valence-corrected chi connectivity index (χ4v) is 4.79. The molecule has 1 unspecified atom stereocenters. The van der Waals surface area contributed by atoms with Crippen LogP contribution in [0, 0.1) is 5.92 Å². The van der Waals surface area contributed by atoms with Crippen molar-refractivity contribution in [2.75, 3.05) is 4.90 Å². The summed E-state index contributed by atoms with van der Waals surface area (Å²) < 4.78 is 5.82. The fraction of sp³-hybridized carbons (Fsp3) is 0.214. The standard InChI is InChI=1S/C28H22ClN3O4/c29-21-6-2-1-5-19(21)16-31(27(34)18-9-10-18)23-15-25(33)32(28(23)35)20-13-11-17(12-14-20)26-30-22-7-3-4-8-24(22)36-26/h1-8,11-14,18,23H,9-10,15-16H2. The largest absolute Gasteiger partial charge is 0.436 e. The fourth-order valence-electron chi connectivity index (χ4n) is 4.60. The van der Waals surface area contributed by atoms with E-state index < -0.39 is 11.9 Å². The van der Waals surface area contributed by atoms with Crippen LogP contribution < -0.4 is 4.90 Å². The second-order valence-corrected chi connectivity index (χ2v) is 9.56. The van der Waals surface area contributed by atoms with Crippen LogP contribution >= 0.6 is 11.6 Å². The van der Waals surface area contributed by atoms with Crippen molar-refractivity contribution in [2.24, 2.45) is 5.92 Å². The molecule has 1 atom stereocenters. The van der Waals surface area contributed by atoms with Gasteiger partial charge in [-0.15, -0.1) is 0 Å². The highest BCUT2D eigenvalue weighted by atomic mass is 35.5. The Morgan fingerprint density at radius 1 is 1.00 bits per heavy atom.